The van der Waals surface area contributed by atoms with Gasteiger partial charge in [-0.1, -0.05) is 5.18 Å². The van der Waals surface area contributed by atoms with Gasteiger partial charge in [0, 0.05) is 19.3 Å². The van der Waals surface area contributed by atoms with E-state index in [4.69, 9.17) is 15.6 Å². The Labute approximate surface area is 86.4 Å². The van der Waals surface area contributed by atoms with Crippen LogP contribution in [0.25, 0.3) is 0 Å². The van der Waals surface area contributed by atoms with E-state index in [0.29, 0.717) is 32.5 Å². The Balaban J connectivity index is 2.61. The second-order valence-electron chi connectivity index (χ2n) is 3.04. The number of carbonyl (C=O) groups is 1. The quantitative estimate of drug-likeness (QED) is 0.491. The lowest BCUT2D eigenvalue weighted by molar-refractivity contribution is -0.128. The molecule has 82 valence electrons. The minimum absolute atomic E-state index is 0.408. The van der Waals surface area contributed by atoms with Crippen molar-refractivity contribution in [2.45, 2.75) is 6.04 Å². The Morgan fingerprint density at radius 2 is 2.07 bits per heavy atom. The predicted octanol–water partition coefficient (Wildman–Crippen LogP) is -0.350. The van der Waals surface area contributed by atoms with Crippen molar-refractivity contribution in [3.63, 3.8) is 0 Å². The summed E-state index contributed by atoms with van der Waals surface area (Å²) in [5.74, 6) is -0.550. The van der Waals surface area contributed by atoms with Crippen LogP contribution >= 0.6 is 0 Å². The van der Waals surface area contributed by atoms with Crippen LogP contribution in [0.2, 0.25) is 0 Å². The minimum atomic E-state index is -1.28. The number of ether oxygens (including phenoxy) is 1. The summed E-state index contributed by atoms with van der Waals surface area (Å²) < 4.78 is 5.05. The number of hydrogen-bond donors (Lipinski definition) is 2. The van der Waals surface area contributed by atoms with Gasteiger partial charge in [-0.3, -0.25) is 10.2 Å². The van der Waals surface area contributed by atoms with Crippen molar-refractivity contribution in [1.29, 1.82) is 10.8 Å². The number of amides is 1. The number of morpholine rings is 1. The highest BCUT2D eigenvalue weighted by Gasteiger charge is 2.26. The molecule has 1 fully saturated rings. The van der Waals surface area contributed by atoms with E-state index in [1.54, 1.807) is 0 Å². The molecular weight excluding hydrogens is 200 g/mol. The van der Waals surface area contributed by atoms with E-state index in [2.05, 4.69) is 5.18 Å². The van der Waals surface area contributed by atoms with Gasteiger partial charge in [0.15, 0.2) is 6.04 Å². The van der Waals surface area contributed by atoms with Gasteiger partial charge >= 0.3 is 0 Å². The predicted molar refractivity (Wildman–Crippen MR) is 53.5 cm³/mol. The fourth-order valence-corrected chi connectivity index (χ4v) is 1.23. The van der Waals surface area contributed by atoms with E-state index in [0.717, 1.165) is 0 Å². The van der Waals surface area contributed by atoms with Crippen LogP contribution in [-0.2, 0) is 9.53 Å². The van der Waals surface area contributed by atoms with Gasteiger partial charge in [0.2, 0.25) is 0 Å². The summed E-state index contributed by atoms with van der Waals surface area (Å²) in [6, 6.07) is -1.28. The number of nitroso groups, excluding NO2 is 1. The van der Waals surface area contributed by atoms with Gasteiger partial charge < -0.3 is 15.0 Å². The average Bonchev–Trinajstić information content (AvgIpc) is 2.30. The average molecular weight is 212 g/mol. The Hall–Kier alpha value is -1.63. The van der Waals surface area contributed by atoms with E-state index >= 15 is 0 Å². The summed E-state index contributed by atoms with van der Waals surface area (Å²) in [6.07, 6.45) is 0.688. The third kappa shape index (κ3) is 2.66. The number of nitrogens with one attached hydrogen (secondary N) is 2. The fourth-order valence-electron chi connectivity index (χ4n) is 1.23. The maximum absolute atomic E-state index is 11.6. The third-order valence-electron chi connectivity index (χ3n) is 2.10. The zero-order valence-electron chi connectivity index (χ0n) is 8.10. The van der Waals surface area contributed by atoms with Gasteiger partial charge in [-0.25, -0.2) is 0 Å². The van der Waals surface area contributed by atoms with Crippen molar-refractivity contribution < 1.29 is 9.53 Å². The number of carbonyl (C=O) groups excluding carboxylic acids is 1. The molecule has 1 atom stereocenters. The maximum Gasteiger partial charge on any atom is 0.270 e. The molecule has 0 radical (unpaired) electrons. The van der Waals surface area contributed by atoms with Crippen molar-refractivity contribution in [2.24, 2.45) is 5.18 Å². The largest absolute Gasteiger partial charge is 0.378 e. The first-order valence-corrected chi connectivity index (χ1v) is 4.49. The number of rotatable bonds is 4. The molecule has 1 saturated heterocycles. The zero-order chi connectivity index (χ0) is 11.3. The smallest absolute Gasteiger partial charge is 0.270 e. The summed E-state index contributed by atoms with van der Waals surface area (Å²) in [6.45, 7) is 1.68. The van der Waals surface area contributed by atoms with Crippen LogP contribution < -0.4 is 0 Å². The van der Waals surface area contributed by atoms with Gasteiger partial charge in [-0.05, 0) is 0 Å². The number of hydrogen-bond acceptors (Lipinski definition) is 6. The van der Waals surface area contributed by atoms with Crippen LogP contribution in [0.4, 0.5) is 0 Å². The molecule has 0 saturated carbocycles. The monoisotopic (exact) mass is 212 g/mol. The van der Waals surface area contributed by atoms with Crippen LogP contribution in [-0.4, -0.2) is 55.1 Å². The van der Waals surface area contributed by atoms with Gasteiger partial charge in [0.05, 0.1) is 13.2 Å². The molecule has 2 N–H and O–H groups in total. The second-order valence-corrected chi connectivity index (χ2v) is 3.04. The molecule has 0 bridgehead atoms. The van der Waals surface area contributed by atoms with E-state index in [1.807, 2.05) is 0 Å². The molecule has 1 unspecified atom stereocenters. The van der Waals surface area contributed by atoms with Crippen LogP contribution in [0.3, 0.4) is 0 Å². The number of nitrogens with zero attached hydrogens (tertiary/aromatic N) is 2. The third-order valence-corrected chi connectivity index (χ3v) is 2.10. The molecule has 7 heteroatoms. The molecule has 0 aromatic heterocycles. The summed E-state index contributed by atoms with van der Waals surface area (Å²) in [4.78, 5) is 23.3. The van der Waals surface area contributed by atoms with Crippen molar-refractivity contribution in [2.75, 3.05) is 26.3 Å². The van der Waals surface area contributed by atoms with Crippen LogP contribution in [0.1, 0.15) is 0 Å². The van der Waals surface area contributed by atoms with Gasteiger partial charge in [-0.2, -0.15) is 0 Å². The first-order valence-electron chi connectivity index (χ1n) is 4.49. The summed E-state index contributed by atoms with van der Waals surface area (Å²) >= 11 is 0. The van der Waals surface area contributed by atoms with Crippen LogP contribution in [0, 0.1) is 15.7 Å². The molecule has 1 rings (SSSR count). The lowest BCUT2D eigenvalue weighted by Crippen LogP contribution is -2.46. The minimum Gasteiger partial charge on any atom is -0.378 e. The van der Waals surface area contributed by atoms with E-state index in [1.165, 1.54) is 4.90 Å². The van der Waals surface area contributed by atoms with E-state index in [9.17, 15) is 9.70 Å². The fraction of sp³-hybridized carbons (Fsp3) is 0.625. The molecule has 0 aromatic carbocycles. The zero-order valence-corrected chi connectivity index (χ0v) is 8.10. The Morgan fingerprint density at radius 1 is 1.47 bits per heavy atom. The molecule has 1 aliphatic heterocycles. The first-order chi connectivity index (χ1) is 7.20. The summed E-state index contributed by atoms with van der Waals surface area (Å²) in [5, 5.41) is 16.8. The molecular formula is C8H12N4O3. The van der Waals surface area contributed by atoms with Crippen molar-refractivity contribution in [3.8, 4) is 0 Å². The van der Waals surface area contributed by atoms with Crippen molar-refractivity contribution >= 4 is 17.8 Å². The lowest BCUT2D eigenvalue weighted by Gasteiger charge is -2.27. The van der Waals surface area contributed by atoms with Gasteiger partial charge in [0.1, 0.15) is 5.71 Å². The normalized spacial score (nSPS) is 18.0. The van der Waals surface area contributed by atoms with Crippen LogP contribution in [0.5, 0.6) is 0 Å². The molecule has 0 aliphatic carbocycles. The second kappa shape index (κ2) is 5.30. The maximum atomic E-state index is 11.6. The topological polar surface area (TPSA) is 107 Å². The lowest BCUT2D eigenvalue weighted by atomic mass is 10.1. The molecule has 1 amide bonds. The van der Waals surface area contributed by atoms with E-state index in [-0.39, 0.29) is 0 Å². The summed E-state index contributed by atoms with van der Waals surface area (Å²) in [7, 11) is 0. The van der Waals surface area contributed by atoms with E-state index < -0.39 is 17.7 Å². The molecule has 1 aliphatic rings. The molecule has 1 heterocycles. The van der Waals surface area contributed by atoms with Crippen molar-refractivity contribution in [3.05, 3.63) is 4.91 Å². The molecule has 7 nitrogen and oxygen atoms in total. The first kappa shape index (κ1) is 11.4. The SMILES string of the molecule is N=CC(N=O)C(=N)C(=O)N1CCOCC1. The standard InChI is InChI=1S/C8H12N4O3/c9-5-6(11-14)7(10)8(13)12-1-3-15-4-2-12/h5-6,9-10H,1-4H2. The molecule has 15 heavy (non-hydrogen) atoms. The molecule has 0 aromatic rings. The highest BCUT2D eigenvalue weighted by Crippen LogP contribution is 2.01. The van der Waals surface area contributed by atoms with Gasteiger partial charge in [0.25, 0.3) is 5.91 Å². The van der Waals surface area contributed by atoms with Crippen molar-refractivity contribution in [1.82, 2.24) is 4.90 Å². The van der Waals surface area contributed by atoms with Crippen LogP contribution in [0.15, 0.2) is 5.18 Å². The van der Waals surface area contributed by atoms with Gasteiger partial charge in [-0.15, -0.1) is 4.91 Å². The summed E-state index contributed by atoms with van der Waals surface area (Å²) in [5.41, 5.74) is -0.457. The highest BCUT2D eigenvalue weighted by molar-refractivity contribution is 6.42. The highest BCUT2D eigenvalue weighted by atomic mass is 16.5. The Morgan fingerprint density at radius 3 is 2.53 bits per heavy atom. The Bertz CT molecular complexity index is 278. The Kier molecular flexibility index (Phi) is 4.04. The molecule has 0 spiro atoms.